The normalized spacial score (nSPS) is 15.0. The molecular formula is C30H41N5O7. The van der Waals surface area contributed by atoms with E-state index >= 15 is 0 Å². The number of rotatable bonds is 9. The fourth-order valence-electron chi connectivity index (χ4n) is 4.34. The third kappa shape index (κ3) is 7.95. The van der Waals surface area contributed by atoms with Crippen molar-refractivity contribution in [2.24, 2.45) is 0 Å². The van der Waals surface area contributed by atoms with E-state index in [4.69, 9.17) is 14.2 Å². The summed E-state index contributed by atoms with van der Waals surface area (Å²) in [7, 11) is 0. The van der Waals surface area contributed by atoms with Gasteiger partial charge in [0, 0.05) is 37.8 Å². The summed E-state index contributed by atoms with van der Waals surface area (Å²) >= 11 is 0. The van der Waals surface area contributed by atoms with Crippen LogP contribution in [-0.4, -0.2) is 93.7 Å². The number of benzene rings is 1. The van der Waals surface area contributed by atoms with Crippen molar-refractivity contribution in [1.82, 2.24) is 25.1 Å². The second-order valence-corrected chi connectivity index (χ2v) is 11.1. The van der Waals surface area contributed by atoms with Gasteiger partial charge < -0.3 is 29.3 Å². The Labute approximate surface area is 246 Å². The molecule has 12 heteroatoms. The van der Waals surface area contributed by atoms with Gasteiger partial charge in [-0.25, -0.2) is 14.6 Å². The van der Waals surface area contributed by atoms with E-state index in [1.54, 1.807) is 46.8 Å². The van der Waals surface area contributed by atoms with Crippen molar-refractivity contribution in [3.05, 3.63) is 42.1 Å². The second-order valence-electron chi connectivity index (χ2n) is 11.1. The minimum absolute atomic E-state index is 0.0826. The summed E-state index contributed by atoms with van der Waals surface area (Å²) in [4.78, 5) is 65.6. The molecule has 1 saturated heterocycles. The minimum atomic E-state index is -2.05. The van der Waals surface area contributed by atoms with Crippen LogP contribution in [-0.2, 0) is 19.1 Å². The molecule has 0 bridgehead atoms. The lowest BCUT2D eigenvalue weighted by atomic mass is 9.92. The van der Waals surface area contributed by atoms with Crippen LogP contribution in [0, 0.1) is 0 Å². The standard InChI is InChI=1S/C30H41N5O7/c1-8-30(27(38)42-29(5,6)7,26(37)34-15-17-35(18-16-34)28(39)40-9-2)33-25(36)22-19-23(41-20(3)4)32-24(31-22)21-13-11-10-12-14-21/h10-14,19-20H,8-9,15-18H2,1-7H3,(H,33,36). The first-order valence-electron chi connectivity index (χ1n) is 14.2. The maximum Gasteiger partial charge on any atom is 0.409 e. The lowest BCUT2D eigenvalue weighted by Crippen LogP contribution is -2.67. The van der Waals surface area contributed by atoms with Crippen molar-refractivity contribution in [3.8, 4) is 17.3 Å². The SMILES string of the molecule is CCOC(=O)N1CCN(C(=O)C(CC)(NC(=O)c2cc(OC(C)C)nc(-c3ccccc3)n2)C(=O)OC(C)(C)C)CC1. The minimum Gasteiger partial charge on any atom is -0.475 e. The van der Waals surface area contributed by atoms with Crippen LogP contribution in [0.25, 0.3) is 11.4 Å². The molecular weight excluding hydrogens is 542 g/mol. The van der Waals surface area contributed by atoms with E-state index < -0.39 is 35.0 Å². The number of piperazine rings is 1. The Kier molecular flexibility index (Phi) is 10.5. The topological polar surface area (TPSA) is 140 Å². The van der Waals surface area contributed by atoms with Crippen molar-refractivity contribution >= 4 is 23.9 Å². The van der Waals surface area contributed by atoms with Crippen LogP contribution >= 0.6 is 0 Å². The largest absolute Gasteiger partial charge is 0.475 e. The highest BCUT2D eigenvalue weighted by Crippen LogP contribution is 2.25. The zero-order valence-electron chi connectivity index (χ0n) is 25.4. The lowest BCUT2D eigenvalue weighted by molar-refractivity contribution is -0.169. The Morgan fingerprint density at radius 2 is 1.57 bits per heavy atom. The van der Waals surface area contributed by atoms with Gasteiger partial charge in [-0.3, -0.25) is 9.59 Å². The van der Waals surface area contributed by atoms with Gasteiger partial charge in [-0.05, 0) is 48.0 Å². The summed E-state index contributed by atoms with van der Waals surface area (Å²) in [5.41, 5.74) is -2.40. The van der Waals surface area contributed by atoms with E-state index in [-0.39, 0.29) is 62.7 Å². The molecule has 0 spiro atoms. The van der Waals surface area contributed by atoms with E-state index in [2.05, 4.69) is 15.3 Å². The Bertz CT molecular complexity index is 1270. The summed E-state index contributed by atoms with van der Waals surface area (Å²) in [6.45, 7) is 13.0. The Morgan fingerprint density at radius 3 is 2.12 bits per heavy atom. The van der Waals surface area contributed by atoms with Crippen LogP contribution in [0.2, 0.25) is 0 Å². The van der Waals surface area contributed by atoms with Gasteiger partial charge in [0.05, 0.1) is 12.7 Å². The van der Waals surface area contributed by atoms with Crippen LogP contribution in [0.1, 0.15) is 65.4 Å². The number of esters is 1. The van der Waals surface area contributed by atoms with Gasteiger partial charge in [0.2, 0.25) is 11.4 Å². The number of carbonyl (C=O) groups excluding carboxylic acids is 4. The molecule has 1 atom stereocenters. The number of hydrogen-bond acceptors (Lipinski definition) is 9. The molecule has 228 valence electrons. The second kappa shape index (κ2) is 13.6. The van der Waals surface area contributed by atoms with Crippen molar-refractivity contribution in [1.29, 1.82) is 0 Å². The maximum atomic E-state index is 14.1. The number of amides is 3. The molecule has 2 heterocycles. The number of hydrogen-bond donors (Lipinski definition) is 1. The van der Waals surface area contributed by atoms with E-state index in [1.807, 2.05) is 32.0 Å². The molecule has 1 aliphatic heterocycles. The molecule has 1 aromatic heterocycles. The lowest BCUT2D eigenvalue weighted by Gasteiger charge is -2.40. The third-order valence-electron chi connectivity index (χ3n) is 6.39. The monoisotopic (exact) mass is 583 g/mol. The van der Waals surface area contributed by atoms with Crippen molar-refractivity contribution in [3.63, 3.8) is 0 Å². The van der Waals surface area contributed by atoms with E-state index in [0.717, 1.165) is 0 Å². The first-order valence-corrected chi connectivity index (χ1v) is 14.2. The Morgan fingerprint density at radius 1 is 0.952 bits per heavy atom. The summed E-state index contributed by atoms with van der Waals surface area (Å²) < 4.78 is 16.5. The number of ether oxygens (including phenoxy) is 3. The Balaban J connectivity index is 1.98. The number of aromatic nitrogens is 2. The predicted octanol–water partition coefficient (Wildman–Crippen LogP) is 3.45. The molecule has 1 unspecified atom stereocenters. The van der Waals surface area contributed by atoms with Gasteiger partial charge in [-0.15, -0.1) is 0 Å². The Hall–Kier alpha value is -4.22. The van der Waals surface area contributed by atoms with Crippen molar-refractivity contribution in [2.75, 3.05) is 32.8 Å². The highest BCUT2D eigenvalue weighted by atomic mass is 16.6. The third-order valence-corrected chi connectivity index (χ3v) is 6.39. The summed E-state index contributed by atoms with van der Waals surface area (Å²) in [6, 6.07) is 10.5. The first kappa shape index (κ1) is 32.3. The molecule has 0 saturated carbocycles. The van der Waals surface area contributed by atoms with Crippen molar-refractivity contribution < 1.29 is 33.4 Å². The molecule has 0 aliphatic carbocycles. The molecule has 1 aromatic carbocycles. The summed E-state index contributed by atoms with van der Waals surface area (Å²) in [6.07, 6.45) is -0.786. The van der Waals surface area contributed by atoms with Crippen LogP contribution < -0.4 is 10.1 Å². The van der Waals surface area contributed by atoms with E-state index in [9.17, 15) is 19.2 Å². The number of carbonyl (C=O) groups is 4. The van der Waals surface area contributed by atoms with Crippen molar-refractivity contribution in [2.45, 2.75) is 72.1 Å². The zero-order chi connectivity index (χ0) is 31.1. The van der Waals surface area contributed by atoms with Gasteiger partial charge >= 0.3 is 12.1 Å². The van der Waals surface area contributed by atoms with Gasteiger partial charge in [-0.2, -0.15) is 4.98 Å². The molecule has 3 rings (SSSR count). The fraction of sp³-hybridized carbons (Fsp3) is 0.533. The quantitative estimate of drug-likeness (QED) is 0.347. The molecule has 0 radical (unpaired) electrons. The first-order chi connectivity index (χ1) is 19.8. The highest BCUT2D eigenvalue weighted by molar-refractivity contribution is 6.11. The van der Waals surface area contributed by atoms with Crippen LogP contribution in [0.4, 0.5) is 4.79 Å². The molecule has 42 heavy (non-hydrogen) atoms. The van der Waals surface area contributed by atoms with Gasteiger partial charge in [0.1, 0.15) is 11.3 Å². The summed E-state index contributed by atoms with van der Waals surface area (Å²) in [5.74, 6) is -1.87. The summed E-state index contributed by atoms with van der Waals surface area (Å²) in [5, 5.41) is 2.67. The van der Waals surface area contributed by atoms with Gasteiger partial charge in [-0.1, -0.05) is 37.3 Å². The predicted molar refractivity (Wildman–Crippen MR) is 155 cm³/mol. The molecule has 12 nitrogen and oxygen atoms in total. The number of nitrogens with one attached hydrogen (secondary N) is 1. The maximum absolute atomic E-state index is 14.1. The van der Waals surface area contributed by atoms with Crippen LogP contribution in [0.5, 0.6) is 5.88 Å². The van der Waals surface area contributed by atoms with Gasteiger partial charge in [0.15, 0.2) is 5.82 Å². The molecule has 3 amide bonds. The van der Waals surface area contributed by atoms with Gasteiger partial charge in [0.25, 0.3) is 11.8 Å². The van der Waals surface area contributed by atoms with E-state index in [0.29, 0.717) is 5.56 Å². The molecule has 1 N–H and O–H groups in total. The van der Waals surface area contributed by atoms with Crippen LogP contribution in [0.3, 0.4) is 0 Å². The molecule has 2 aromatic rings. The molecule has 1 fully saturated rings. The van der Waals surface area contributed by atoms with Crippen LogP contribution in [0.15, 0.2) is 36.4 Å². The number of nitrogens with zero attached hydrogens (tertiary/aromatic N) is 4. The average molecular weight is 584 g/mol. The highest BCUT2D eigenvalue weighted by Gasteiger charge is 2.51. The smallest absolute Gasteiger partial charge is 0.409 e. The molecule has 1 aliphatic rings. The fourth-order valence-corrected chi connectivity index (χ4v) is 4.34. The average Bonchev–Trinajstić information content (AvgIpc) is 2.94. The van der Waals surface area contributed by atoms with E-state index in [1.165, 1.54) is 15.9 Å². The zero-order valence-corrected chi connectivity index (χ0v) is 25.4.